The number of methoxy groups -OCH3 is 1. The molecule has 3 aromatic rings. The van der Waals surface area contributed by atoms with Gasteiger partial charge in [0.05, 0.1) is 20.0 Å². The maximum absolute atomic E-state index is 13.0. The second-order valence-electron chi connectivity index (χ2n) is 8.49. The molecule has 0 aliphatic carbocycles. The third-order valence-corrected chi connectivity index (χ3v) is 6.33. The number of furan rings is 1. The molecule has 178 valence electrons. The number of nitrogens with two attached hydrogens (primary N) is 1. The van der Waals surface area contributed by atoms with Crippen molar-refractivity contribution in [2.75, 3.05) is 26.8 Å². The third kappa shape index (κ3) is 4.78. The lowest BCUT2D eigenvalue weighted by Crippen LogP contribution is -2.41. The van der Waals surface area contributed by atoms with Gasteiger partial charge < -0.3 is 24.5 Å². The van der Waals surface area contributed by atoms with Crippen LogP contribution in [0.4, 0.5) is 0 Å². The van der Waals surface area contributed by atoms with Gasteiger partial charge in [0.15, 0.2) is 0 Å². The van der Waals surface area contributed by atoms with Crippen LogP contribution in [-0.4, -0.2) is 43.5 Å². The van der Waals surface area contributed by atoms with E-state index in [9.17, 15) is 9.59 Å². The number of amides is 2. The first-order valence-electron chi connectivity index (χ1n) is 11.5. The number of rotatable bonds is 7. The number of allylic oxidation sites excluding steroid dienone is 1. The molecule has 0 unspecified atom stereocenters. The average Bonchev–Trinajstić information content (AvgIpc) is 3.26. The van der Waals surface area contributed by atoms with Gasteiger partial charge in [-0.1, -0.05) is 12.1 Å². The summed E-state index contributed by atoms with van der Waals surface area (Å²) in [4.78, 5) is 26.1. The van der Waals surface area contributed by atoms with Crippen molar-refractivity contribution >= 4 is 28.4 Å². The molecule has 7 heteroatoms. The molecular weight excluding hydrogens is 432 g/mol. The van der Waals surface area contributed by atoms with Crippen LogP contribution in [0.15, 0.2) is 53.2 Å². The minimum absolute atomic E-state index is 0.0804. The van der Waals surface area contributed by atoms with Gasteiger partial charge in [-0.2, -0.15) is 0 Å². The lowest BCUT2D eigenvalue weighted by atomic mass is 9.96. The van der Waals surface area contributed by atoms with E-state index in [2.05, 4.69) is 0 Å². The quantitative estimate of drug-likeness (QED) is 0.517. The fourth-order valence-electron chi connectivity index (χ4n) is 4.39. The van der Waals surface area contributed by atoms with Crippen molar-refractivity contribution in [1.29, 1.82) is 0 Å². The minimum Gasteiger partial charge on any atom is -0.497 e. The Labute approximate surface area is 199 Å². The first kappa shape index (κ1) is 23.4. The molecule has 1 aromatic heterocycles. The number of carbonyl (C=O) groups excluding carboxylic acids is 2. The van der Waals surface area contributed by atoms with E-state index in [1.807, 2.05) is 50.2 Å². The first-order chi connectivity index (χ1) is 16.4. The molecule has 0 atom stereocenters. The molecule has 2 amide bonds. The second-order valence-corrected chi connectivity index (χ2v) is 8.49. The lowest BCUT2D eigenvalue weighted by molar-refractivity contribution is -0.130. The summed E-state index contributed by atoms with van der Waals surface area (Å²) in [6, 6.07) is 11.7. The van der Waals surface area contributed by atoms with Crippen LogP contribution in [0.1, 0.15) is 32.3 Å². The zero-order valence-electron chi connectivity index (χ0n) is 19.8. The molecule has 1 aliphatic rings. The van der Waals surface area contributed by atoms with Gasteiger partial charge in [-0.25, -0.2) is 0 Å². The van der Waals surface area contributed by atoms with Crippen LogP contribution in [0.2, 0.25) is 0 Å². The highest BCUT2D eigenvalue weighted by Gasteiger charge is 2.25. The summed E-state index contributed by atoms with van der Waals surface area (Å²) in [5, 5.41) is 0.925. The summed E-state index contributed by atoms with van der Waals surface area (Å²) < 4.78 is 17.1. The first-order valence-corrected chi connectivity index (χ1v) is 11.5. The number of fused-ring (bicyclic) bond motifs is 1. The van der Waals surface area contributed by atoms with E-state index in [4.69, 9.17) is 19.6 Å². The maximum Gasteiger partial charge on any atom is 0.246 e. The van der Waals surface area contributed by atoms with Crippen LogP contribution in [-0.2, 0) is 9.59 Å². The predicted molar refractivity (Wildman–Crippen MR) is 132 cm³/mol. The number of ether oxygens (including phenoxy) is 2. The lowest BCUT2D eigenvalue weighted by Gasteiger charge is -2.30. The van der Waals surface area contributed by atoms with Gasteiger partial charge in [0.25, 0.3) is 0 Å². The smallest absolute Gasteiger partial charge is 0.246 e. The Morgan fingerprint density at radius 2 is 1.97 bits per heavy atom. The minimum atomic E-state index is -0.291. The van der Waals surface area contributed by atoms with Crippen molar-refractivity contribution in [3.63, 3.8) is 0 Å². The summed E-state index contributed by atoms with van der Waals surface area (Å²) in [6.45, 7) is 5.36. The van der Waals surface area contributed by atoms with Crippen molar-refractivity contribution in [2.45, 2.75) is 26.7 Å². The fraction of sp³-hybridized carbons (Fsp3) is 0.333. The number of benzene rings is 2. The molecule has 1 fully saturated rings. The summed E-state index contributed by atoms with van der Waals surface area (Å²) in [5.41, 5.74) is 9.66. The number of hydrogen-bond acceptors (Lipinski definition) is 5. The molecule has 2 N–H and O–H groups in total. The number of likely N-dealkylation sites (tertiary alicyclic amines) is 1. The van der Waals surface area contributed by atoms with Crippen LogP contribution in [0.5, 0.6) is 11.5 Å². The molecule has 4 rings (SSSR count). The van der Waals surface area contributed by atoms with Crippen LogP contribution in [0, 0.1) is 5.92 Å². The van der Waals surface area contributed by atoms with E-state index >= 15 is 0 Å². The van der Waals surface area contributed by atoms with Crippen molar-refractivity contribution in [3.8, 4) is 22.6 Å². The van der Waals surface area contributed by atoms with E-state index < -0.39 is 0 Å². The van der Waals surface area contributed by atoms with Crippen LogP contribution < -0.4 is 15.2 Å². The molecule has 0 saturated carbocycles. The molecule has 2 heterocycles. The number of piperidine rings is 1. The monoisotopic (exact) mass is 462 g/mol. The van der Waals surface area contributed by atoms with Gasteiger partial charge in [-0.15, -0.1) is 0 Å². The number of primary amides is 1. The summed E-state index contributed by atoms with van der Waals surface area (Å²) in [6.07, 6.45) is 4.57. The topological polar surface area (TPSA) is 95.0 Å². The van der Waals surface area contributed by atoms with Gasteiger partial charge in [0.2, 0.25) is 11.8 Å². The van der Waals surface area contributed by atoms with Crippen LogP contribution in [0.25, 0.3) is 27.7 Å². The van der Waals surface area contributed by atoms with Crippen molar-refractivity contribution < 1.29 is 23.5 Å². The molecule has 7 nitrogen and oxygen atoms in total. The Hall–Kier alpha value is -3.74. The maximum atomic E-state index is 13.0. The zero-order chi connectivity index (χ0) is 24.2. The second kappa shape index (κ2) is 10.0. The normalized spacial score (nSPS) is 14.9. The molecule has 0 spiro atoms. The van der Waals surface area contributed by atoms with E-state index in [0.29, 0.717) is 43.9 Å². The van der Waals surface area contributed by atoms with E-state index in [-0.39, 0.29) is 17.7 Å². The Morgan fingerprint density at radius 1 is 1.21 bits per heavy atom. The van der Waals surface area contributed by atoms with Crippen molar-refractivity contribution in [3.05, 3.63) is 54.3 Å². The van der Waals surface area contributed by atoms with E-state index in [1.165, 1.54) is 0 Å². The highest BCUT2D eigenvalue weighted by atomic mass is 16.5. The molecule has 0 radical (unpaired) electrons. The van der Waals surface area contributed by atoms with Crippen molar-refractivity contribution in [1.82, 2.24) is 4.90 Å². The van der Waals surface area contributed by atoms with Crippen molar-refractivity contribution in [2.24, 2.45) is 11.7 Å². The number of carbonyl (C=O) groups is 2. The fourth-order valence-corrected chi connectivity index (χ4v) is 4.39. The van der Waals surface area contributed by atoms with Gasteiger partial charge in [-0.05, 0) is 56.0 Å². The molecule has 1 saturated heterocycles. The van der Waals surface area contributed by atoms with E-state index in [1.54, 1.807) is 24.3 Å². The highest BCUT2D eigenvalue weighted by Crippen LogP contribution is 2.38. The SMILES string of the molecule is CCOc1cc2occ(-c3cccc(OC)c3)c2cc1/C(C)=C/C(=O)N1CCC(C(N)=O)CC1. The standard InChI is InChI=1S/C27H30N2O5/c1-4-33-24-15-25-22(23(16-34-25)19-6-5-7-20(13-19)32-3)14-21(24)17(2)12-26(30)29-10-8-18(9-11-29)27(28)31/h5-7,12-16,18H,4,8-11H2,1-3H3,(H2,28,31)/b17-12+. The average molecular weight is 463 g/mol. The van der Waals surface area contributed by atoms with Crippen LogP contribution >= 0.6 is 0 Å². The summed E-state index contributed by atoms with van der Waals surface area (Å²) in [5.74, 6) is 0.899. The largest absolute Gasteiger partial charge is 0.497 e. The molecule has 34 heavy (non-hydrogen) atoms. The summed E-state index contributed by atoms with van der Waals surface area (Å²) in [7, 11) is 1.64. The van der Waals surface area contributed by atoms with Gasteiger partial charge in [0.1, 0.15) is 17.1 Å². The van der Waals surface area contributed by atoms with Gasteiger partial charge >= 0.3 is 0 Å². The number of nitrogens with zero attached hydrogens (tertiary/aromatic N) is 1. The third-order valence-electron chi connectivity index (χ3n) is 6.33. The van der Waals surface area contributed by atoms with Gasteiger partial charge in [-0.3, -0.25) is 9.59 Å². The van der Waals surface area contributed by atoms with Gasteiger partial charge in [0, 0.05) is 47.7 Å². The van der Waals surface area contributed by atoms with Crippen LogP contribution in [0.3, 0.4) is 0 Å². The zero-order valence-corrected chi connectivity index (χ0v) is 19.8. The number of hydrogen-bond donors (Lipinski definition) is 1. The highest BCUT2D eigenvalue weighted by molar-refractivity contribution is 6.00. The molecule has 2 aromatic carbocycles. The Bertz CT molecular complexity index is 1240. The Kier molecular flexibility index (Phi) is 6.91. The Morgan fingerprint density at radius 3 is 2.65 bits per heavy atom. The molecule has 1 aliphatic heterocycles. The van der Waals surface area contributed by atoms with E-state index in [0.717, 1.165) is 33.4 Å². The summed E-state index contributed by atoms with van der Waals surface area (Å²) >= 11 is 0. The molecular formula is C27H30N2O5. The predicted octanol–water partition coefficient (Wildman–Crippen LogP) is 4.63. The molecule has 0 bridgehead atoms. The Balaban J connectivity index is 1.68.